The van der Waals surface area contributed by atoms with E-state index in [2.05, 4.69) is 5.32 Å². The van der Waals surface area contributed by atoms with Crippen molar-refractivity contribution >= 4 is 17.7 Å². The quantitative estimate of drug-likeness (QED) is 0.376. The highest BCUT2D eigenvalue weighted by Gasteiger charge is 2.25. The summed E-state index contributed by atoms with van der Waals surface area (Å²) in [5.41, 5.74) is 1.28. The van der Waals surface area contributed by atoms with Gasteiger partial charge < -0.3 is 10.1 Å². The first-order chi connectivity index (χ1) is 13.9. The molecule has 0 aliphatic heterocycles. The number of carbonyl (C=O) groups is 3. The lowest BCUT2D eigenvalue weighted by atomic mass is 10.0. The molecular formula is C23H26FNO4. The maximum Gasteiger partial charge on any atom is 0.328 e. The highest BCUT2D eigenvalue weighted by molar-refractivity contribution is 5.96. The standard InChI is InChI=1S/C23H26FNO4/c1-16(2)22(25-21(27)15-17-7-4-3-5-8-17)23(28)29-14-6-9-20(26)18-10-12-19(24)13-11-18/h3-5,7-8,10-13,16,22H,6,9,14-15H2,1-2H3,(H,25,27)/t22-/m0/s1. The van der Waals surface area contributed by atoms with Gasteiger partial charge in [-0.3, -0.25) is 9.59 Å². The number of rotatable bonds is 10. The topological polar surface area (TPSA) is 72.5 Å². The number of hydrogen-bond acceptors (Lipinski definition) is 4. The van der Waals surface area contributed by atoms with E-state index >= 15 is 0 Å². The van der Waals surface area contributed by atoms with Crippen LogP contribution in [0.3, 0.4) is 0 Å². The van der Waals surface area contributed by atoms with Crippen LogP contribution < -0.4 is 5.32 Å². The summed E-state index contributed by atoms with van der Waals surface area (Å²) in [5.74, 6) is -1.45. The first-order valence-electron chi connectivity index (χ1n) is 9.65. The fourth-order valence-corrected chi connectivity index (χ4v) is 2.78. The Morgan fingerprint density at radius 1 is 1.00 bits per heavy atom. The van der Waals surface area contributed by atoms with E-state index in [-0.39, 0.29) is 37.1 Å². The molecule has 2 rings (SSSR count). The van der Waals surface area contributed by atoms with Gasteiger partial charge in [-0.2, -0.15) is 0 Å². The van der Waals surface area contributed by atoms with Gasteiger partial charge in [-0.1, -0.05) is 44.2 Å². The zero-order chi connectivity index (χ0) is 21.2. The largest absolute Gasteiger partial charge is 0.464 e. The number of Topliss-reactive ketones (excluding diaryl/α,β-unsaturated/α-hetero) is 1. The molecule has 0 saturated heterocycles. The average molecular weight is 399 g/mol. The summed E-state index contributed by atoms with van der Waals surface area (Å²) in [7, 11) is 0. The van der Waals surface area contributed by atoms with Gasteiger partial charge >= 0.3 is 5.97 Å². The van der Waals surface area contributed by atoms with Crippen LogP contribution in [-0.4, -0.2) is 30.3 Å². The van der Waals surface area contributed by atoms with E-state index in [4.69, 9.17) is 4.74 Å². The predicted octanol–water partition coefficient (Wildman–Crippen LogP) is 3.72. The SMILES string of the molecule is CC(C)[C@H](NC(=O)Cc1ccccc1)C(=O)OCCCC(=O)c1ccc(F)cc1. The van der Waals surface area contributed by atoms with Gasteiger partial charge in [0.15, 0.2) is 5.78 Å². The van der Waals surface area contributed by atoms with Crippen LogP contribution in [0.4, 0.5) is 4.39 Å². The molecule has 6 heteroatoms. The summed E-state index contributed by atoms with van der Waals surface area (Å²) in [6, 6.07) is 13.9. The zero-order valence-electron chi connectivity index (χ0n) is 16.7. The average Bonchev–Trinajstić information content (AvgIpc) is 2.70. The molecule has 0 aliphatic carbocycles. The summed E-state index contributed by atoms with van der Waals surface area (Å²) in [5, 5.41) is 2.73. The summed E-state index contributed by atoms with van der Waals surface area (Å²) >= 11 is 0. The number of ether oxygens (including phenoxy) is 1. The van der Waals surface area contributed by atoms with E-state index < -0.39 is 17.8 Å². The molecule has 1 N–H and O–H groups in total. The first kappa shape index (κ1) is 22.3. The Morgan fingerprint density at radius 2 is 1.66 bits per heavy atom. The van der Waals surface area contributed by atoms with E-state index in [0.29, 0.717) is 12.0 Å². The van der Waals surface area contributed by atoms with Gasteiger partial charge in [0.25, 0.3) is 0 Å². The van der Waals surface area contributed by atoms with Crippen LogP contribution in [0.2, 0.25) is 0 Å². The second kappa shape index (κ2) is 11.1. The van der Waals surface area contributed by atoms with Gasteiger partial charge in [0, 0.05) is 12.0 Å². The van der Waals surface area contributed by atoms with Crippen molar-refractivity contribution in [1.82, 2.24) is 5.32 Å². The van der Waals surface area contributed by atoms with E-state index in [1.165, 1.54) is 24.3 Å². The summed E-state index contributed by atoms with van der Waals surface area (Å²) in [4.78, 5) is 36.6. The fourth-order valence-electron chi connectivity index (χ4n) is 2.78. The predicted molar refractivity (Wildman–Crippen MR) is 108 cm³/mol. The van der Waals surface area contributed by atoms with Gasteiger partial charge in [0.1, 0.15) is 11.9 Å². The molecule has 1 atom stereocenters. The normalized spacial score (nSPS) is 11.7. The van der Waals surface area contributed by atoms with Crippen molar-refractivity contribution in [3.05, 3.63) is 71.5 Å². The Hall–Kier alpha value is -3.02. The van der Waals surface area contributed by atoms with Gasteiger partial charge in [-0.15, -0.1) is 0 Å². The van der Waals surface area contributed by atoms with Crippen molar-refractivity contribution in [2.45, 2.75) is 39.2 Å². The molecule has 2 aromatic rings. The third-order valence-electron chi connectivity index (χ3n) is 4.40. The van der Waals surface area contributed by atoms with Gasteiger partial charge in [-0.05, 0) is 42.2 Å². The number of halogens is 1. The highest BCUT2D eigenvalue weighted by atomic mass is 19.1. The Labute approximate surface area is 170 Å². The smallest absolute Gasteiger partial charge is 0.328 e. The molecule has 0 unspecified atom stereocenters. The van der Waals surface area contributed by atoms with E-state index in [1.807, 2.05) is 44.2 Å². The molecule has 2 aromatic carbocycles. The van der Waals surface area contributed by atoms with Crippen LogP contribution >= 0.6 is 0 Å². The van der Waals surface area contributed by atoms with E-state index in [9.17, 15) is 18.8 Å². The summed E-state index contributed by atoms with van der Waals surface area (Å²) in [6.07, 6.45) is 0.722. The number of nitrogens with one attached hydrogen (secondary N) is 1. The first-order valence-corrected chi connectivity index (χ1v) is 9.65. The van der Waals surface area contributed by atoms with Crippen LogP contribution in [0.1, 0.15) is 42.6 Å². The molecule has 0 heterocycles. The number of amides is 1. The minimum absolute atomic E-state index is 0.0730. The van der Waals surface area contributed by atoms with Crippen molar-refractivity contribution in [2.24, 2.45) is 5.92 Å². The lowest BCUT2D eigenvalue weighted by molar-refractivity contribution is -0.149. The van der Waals surface area contributed by atoms with Crippen molar-refractivity contribution < 1.29 is 23.5 Å². The van der Waals surface area contributed by atoms with Crippen LogP contribution in [0.15, 0.2) is 54.6 Å². The highest BCUT2D eigenvalue weighted by Crippen LogP contribution is 2.09. The number of esters is 1. The number of ketones is 1. The Kier molecular flexibility index (Phi) is 8.52. The lowest BCUT2D eigenvalue weighted by Gasteiger charge is -2.21. The second-order valence-electron chi connectivity index (χ2n) is 7.15. The molecule has 0 aromatic heterocycles. The monoisotopic (exact) mass is 399 g/mol. The molecule has 29 heavy (non-hydrogen) atoms. The Balaban J connectivity index is 1.77. The van der Waals surface area contributed by atoms with E-state index in [0.717, 1.165) is 5.56 Å². The lowest BCUT2D eigenvalue weighted by Crippen LogP contribution is -2.46. The molecule has 1 amide bonds. The number of benzene rings is 2. The van der Waals surface area contributed by atoms with Crippen LogP contribution in [-0.2, 0) is 20.7 Å². The van der Waals surface area contributed by atoms with Crippen LogP contribution in [0.25, 0.3) is 0 Å². The van der Waals surface area contributed by atoms with Crippen molar-refractivity contribution in [3.8, 4) is 0 Å². The molecular weight excluding hydrogens is 373 g/mol. The molecule has 0 radical (unpaired) electrons. The Bertz CT molecular complexity index is 819. The number of carbonyl (C=O) groups excluding carboxylic acids is 3. The Morgan fingerprint density at radius 3 is 2.28 bits per heavy atom. The molecule has 0 fully saturated rings. The zero-order valence-corrected chi connectivity index (χ0v) is 16.7. The number of hydrogen-bond donors (Lipinski definition) is 1. The van der Waals surface area contributed by atoms with Crippen molar-refractivity contribution in [3.63, 3.8) is 0 Å². The second-order valence-corrected chi connectivity index (χ2v) is 7.15. The summed E-state index contributed by atoms with van der Waals surface area (Å²) < 4.78 is 18.2. The minimum atomic E-state index is -0.751. The van der Waals surface area contributed by atoms with E-state index in [1.54, 1.807) is 0 Å². The van der Waals surface area contributed by atoms with Gasteiger partial charge in [0.2, 0.25) is 5.91 Å². The summed E-state index contributed by atoms with van der Waals surface area (Å²) in [6.45, 7) is 3.73. The van der Waals surface area contributed by atoms with Crippen molar-refractivity contribution in [2.75, 3.05) is 6.61 Å². The third-order valence-corrected chi connectivity index (χ3v) is 4.40. The third kappa shape index (κ3) is 7.49. The maximum absolute atomic E-state index is 12.9. The van der Waals surface area contributed by atoms with Crippen LogP contribution in [0, 0.1) is 11.7 Å². The maximum atomic E-state index is 12.9. The van der Waals surface area contributed by atoms with Crippen LogP contribution in [0.5, 0.6) is 0 Å². The van der Waals surface area contributed by atoms with Crippen molar-refractivity contribution in [1.29, 1.82) is 0 Å². The molecule has 0 bridgehead atoms. The molecule has 0 aliphatic rings. The van der Waals surface area contributed by atoms with Gasteiger partial charge in [0.05, 0.1) is 13.0 Å². The molecule has 154 valence electrons. The molecule has 0 spiro atoms. The fraction of sp³-hybridized carbons (Fsp3) is 0.348. The molecule has 0 saturated carbocycles. The minimum Gasteiger partial charge on any atom is -0.464 e. The molecule has 5 nitrogen and oxygen atoms in total. The van der Waals surface area contributed by atoms with Gasteiger partial charge in [-0.25, -0.2) is 9.18 Å².